The normalized spacial score (nSPS) is 10.9. The number of pyridine rings is 2. The maximum Gasteiger partial charge on any atom is 0.136 e. The molecule has 102 valence electrons. The lowest BCUT2D eigenvalue weighted by atomic mass is 10.1. The summed E-state index contributed by atoms with van der Waals surface area (Å²) in [7, 11) is 0. The predicted molar refractivity (Wildman–Crippen MR) is 87.8 cm³/mol. The zero-order valence-corrected chi connectivity index (χ0v) is 12.0. The lowest BCUT2D eigenvalue weighted by molar-refractivity contribution is 1.29. The molecular formula is C18H13ClN2. The third-order valence-corrected chi connectivity index (χ3v) is 3.43. The van der Waals surface area contributed by atoms with Gasteiger partial charge in [0.2, 0.25) is 0 Å². The number of rotatable bonds is 3. The van der Waals surface area contributed by atoms with Gasteiger partial charge in [-0.1, -0.05) is 60.2 Å². The van der Waals surface area contributed by atoms with Crippen LogP contribution in [0.5, 0.6) is 0 Å². The molecule has 3 rings (SSSR count). The molecule has 0 amide bonds. The van der Waals surface area contributed by atoms with Crippen LogP contribution in [-0.4, -0.2) is 9.97 Å². The molecule has 1 aromatic carbocycles. The van der Waals surface area contributed by atoms with E-state index >= 15 is 0 Å². The van der Waals surface area contributed by atoms with Gasteiger partial charge in [0.05, 0.1) is 0 Å². The number of nitrogens with zero attached hydrogens (tertiary/aromatic N) is 2. The summed E-state index contributed by atoms with van der Waals surface area (Å²) in [5.74, 6) is 0. The number of hydrogen-bond acceptors (Lipinski definition) is 2. The Morgan fingerprint density at radius 2 is 1.71 bits per heavy atom. The molecule has 3 heteroatoms. The van der Waals surface area contributed by atoms with Crippen LogP contribution in [-0.2, 0) is 0 Å². The van der Waals surface area contributed by atoms with E-state index in [1.54, 1.807) is 12.4 Å². The maximum atomic E-state index is 6.17. The fourth-order valence-corrected chi connectivity index (χ4v) is 2.19. The highest BCUT2D eigenvalue weighted by atomic mass is 35.5. The lowest BCUT2D eigenvalue weighted by Gasteiger charge is -2.03. The van der Waals surface area contributed by atoms with Gasteiger partial charge >= 0.3 is 0 Å². The van der Waals surface area contributed by atoms with Gasteiger partial charge in [-0.05, 0) is 17.7 Å². The summed E-state index contributed by atoms with van der Waals surface area (Å²) in [5, 5.41) is 0.495. The first kappa shape index (κ1) is 13.5. The first-order chi connectivity index (χ1) is 10.3. The number of aromatic nitrogens is 2. The van der Waals surface area contributed by atoms with E-state index in [2.05, 4.69) is 9.97 Å². The minimum absolute atomic E-state index is 0.495. The Labute approximate surface area is 128 Å². The highest BCUT2D eigenvalue weighted by Gasteiger charge is 2.03. The number of benzene rings is 1. The summed E-state index contributed by atoms with van der Waals surface area (Å²) in [4.78, 5) is 8.38. The summed E-state index contributed by atoms with van der Waals surface area (Å²) in [6.45, 7) is 0. The second kappa shape index (κ2) is 6.33. The predicted octanol–water partition coefficient (Wildman–Crippen LogP) is 4.97. The molecule has 3 aromatic rings. The van der Waals surface area contributed by atoms with E-state index in [9.17, 15) is 0 Å². The Kier molecular flexibility index (Phi) is 4.08. The van der Waals surface area contributed by atoms with Crippen molar-refractivity contribution in [2.45, 2.75) is 0 Å². The lowest BCUT2D eigenvalue weighted by Crippen LogP contribution is -1.86. The van der Waals surface area contributed by atoms with Crippen molar-refractivity contribution in [2.24, 2.45) is 0 Å². The van der Waals surface area contributed by atoms with Crippen LogP contribution in [0.25, 0.3) is 23.3 Å². The average molecular weight is 293 g/mol. The van der Waals surface area contributed by atoms with Gasteiger partial charge in [-0.2, -0.15) is 0 Å². The molecule has 0 bridgehead atoms. The summed E-state index contributed by atoms with van der Waals surface area (Å²) < 4.78 is 0. The molecule has 0 aliphatic carbocycles. The molecular weight excluding hydrogens is 280 g/mol. The fraction of sp³-hybridized carbons (Fsp3) is 0. The van der Waals surface area contributed by atoms with E-state index in [0.29, 0.717) is 5.15 Å². The molecule has 0 saturated carbocycles. The quantitative estimate of drug-likeness (QED) is 0.637. The first-order valence-electron chi connectivity index (χ1n) is 6.62. The summed E-state index contributed by atoms with van der Waals surface area (Å²) in [5.41, 5.74) is 4.04. The van der Waals surface area contributed by atoms with Crippen LogP contribution in [0, 0.1) is 0 Å². The maximum absolute atomic E-state index is 6.17. The topological polar surface area (TPSA) is 25.8 Å². The summed E-state index contributed by atoms with van der Waals surface area (Å²) >= 11 is 6.17. The smallest absolute Gasteiger partial charge is 0.136 e. The Bertz CT molecular complexity index is 753. The van der Waals surface area contributed by atoms with Gasteiger partial charge in [-0.25, -0.2) is 4.98 Å². The molecule has 0 N–H and O–H groups in total. The fourth-order valence-electron chi connectivity index (χ4n) is 2.02. The highest BCUT2D eigenvalue weighted by molar-refractivity contribution is 6.31. The number of hydrogen-bond donors (Lipinski definition) is 0. The Hall–Kier alpha value is -2.45. The van der Waals surface area contributed by atoms with Crippen molar-refractivity contribution < 1.29 is 0 Å². The van der Waals surface area contributed by atoms with E-state index in [0.717, 1.165) is 22.3 Å². The van der Waals surface area contributed by atoms with Crippen molar-refractivity contribution >= 4 is 23.8 Å². The van der Waals surface area contributed by atoms with E-state index in [4.69, 9.17) is 11.6 Å². The van der Waals surface area contributed by atoms with E-state index in [1.807, 2.05) is 66.9 Å². The second-order valence-electron chi connectivity index (χ2n) is 4.59. The third kappa shape index (κ3) is 3.36. The van der Waals surface area contributed by atoms with E-state index in [1.165, 1.54) is 0 Å². The molecule has 2 heterocycles. The van der Waals surface area contributed by atoms with Gasteiger partial charge in [0, 0.05) is 35.3 Å². The monoisotopic (exact) mass is 292 g/mol. The summed E-state index contributed by atoms with van der Waals surface area (Å²) in [6, 6.07) is 16.0. The van der Waals surface area contributed by atoms with E-state index in [-0.39, 0.29) is 0 Å². The standard InChI is InChI=1S/C18H13ClN2/c19-18-15(9-8-14-5-2-1-3-6-14)11-17(13-21-18)16-7-4-10-20-12-16/h1-13H/b9-8+. The van der Waals surface area contributed by atoms with Gasteiger partial charge in [0.1, 0.15) is 5.15 Å². The Morgan fingerprint density at radius 1 is 0.857 bits per heavy atom. The van der Waals surface area contributed by atoms with Crippen LogP contribution in [0.3, 0.4) is 0 Å². The molecule has 0 fully saturated rings. The van der Waals surface area contributed by atoms with Gasteiger partial charge in [-0.3, -0.25) is 4.98 Å². The molecule has 0 unspecified atom stereocenters. The van der Waals surface area contributed by atoms with Gasteiger partial charge in [0.15, 0.2) is 0 Å². The van der Waals surface area contributed by atoms with Gasteiger partial charge < -0.3 is 0 Å². The number of halogens is 1. The van der Waals surface area contributed by atoms with Crippen LogP contribution >= 0.6 is 11.6 Å². The van der Waals surface area contributed by atoms with Crippen molar-refractivity contribution in [3.63, 3.8) is 0 Å². The molecule has 0 aliphatic heterocycles. The first-order valence-corrected chi connectivity index (χ1v) is 7.00. The van der Waals surface area contributed by atoms with Crippen LogP contribution in [0.15, 0.2) is 67.1 Å². The Balaban J connectivity index is 1.94. The van der Waals surface area contributed by atoms with Crippen LogP contribution in [0.2, 0.25) is 5.15 Å². The largest absolute Gasteiger partial charge is 0.264 e. The minimum Gasteiger partial charge on any atom is -0.264 e. The minimum atomic E-state index is 0.495. The molecule has 0 saturated heterocycles. The van der Waals surface area contributed by atoms with Crippen molar-refractivity contribution in [3.8, 4) is 11.1 Å². The van der Waals surface area contributed by atoms with Crippen LogP contribution in [0.4, 0.5) is 0 Å². The van der Waals surface area contributed by atoms with Crippen molar-refractivity contribution in [1.82, 2.24) is 9.97 Å². The molecule has 0 atom stereocenters. The molecule has 0 radical (unpaired) electrons. The van der Waals surface area contributed by atoms with Crippen LogP contribution in [0.1, 0.15) is 11.1 Å². The zero-order valence-electron chi connectivity index (χ0n) is 11.3. The summed E-state index contributed by atoms with van der Waals surface area (Å²) in [6.07, 6.45) is 9.33. The molecule has 21 heavy (non-hydrogen) atoms. The zero-order chi connectivity index (χ0) is 14.5. The molecule has 2 aromatic heterocycles. The Morgan fingerprint density at radius 3 is 2.48 bits per heavy atom. The molecule has 2 nitrogen and oxygen atoms in total. The second-order valence-corrected chi connectivity index (χ2v) is 4.95. The van der Waals surface area contributed by atoms with Gasteiger partial charge in [0.25, 0.3) is 0 Å². The van der Waals surface area contributed by atoms with Crippen molar-refractivity contribution in [1.29, 1.82) is 0 Å². The third-order valence-electron chi connectivity index (χ3n) is 3.12. The van der Waals surface area contributed by atoms with Crippen molar-refractivity contribution in [2.75, 3.05) is 0 Å². The van der Waals surface area contributed by atoms with Crippen LogP contribution < -0.4 is 0 Å². The average Bonchev–Trinajstić information content (AvgIpc) is 2.56. The molecule has 0 spiro atoms. The molecule has 0 aliphatic rings. The van der Waals surface area contributed by atoms with E-state index < -0.39 is 0 Å². The van der Waals surface area contributed by atoms with Crippen molar-refractivity contribution in [3.05, 3.63) is 83.4 Å². The highest BCUT2D eigenvalue weighted by Crippen LogP contribution is 2.24. The SMILES string of the molecule is Clc1ncc(-c2cccnc2)cc1/C=C/c1ccccc1. The van der Waals surface area contributed by atoms with Gasteiger partial charge in [-0.15, -0.1) is 0 Å².